The van der Waals surface area contributed by atoms with Gasteiger partial charge in [0.15, 0.2) is 23.3 Å². The van der Waals surface area contributed by atoms with Gasteiger partial charge in [0.25, 0.3) is 0 Å². The minimum atomic E-state index is -0.267. The Bertz CT molecular complexity index is 7460. The van der Waals surface area contributed by atoms with Crippen LogP contribution in [0.25, 0.3) is 212 Å². The van der Waals surface area contributed by atoms with E-state index in [-0.39, 0.29) is 21.7 Å². The van der Waals surface area contributed by atoms with Crippen LogP contribution in [0.1, 0.15) is 104 Å². The first-order valence-corrected chi connectivity index (χ1v) is 48.2. The summed E-state index contributed by atoms with van der Waals surface area (Å²) in [5, 5.41) is 4.67. The lowest BCUT2D eigenvalue weighted by atomic mass is 9.72. The summed E-state index contributed by atoms with van der Waals surface area (Å²) in [6.45, 7) is 23.5. The van der Waals surface area contributed by atoms with E-state index in [1.165, 1.54) is 44.2 Å². The smallest absolute Gasteiger partial charge is 0.164 e. The highest BCUT2D eigenvalue weighted by Gasteiger charge is 2.32. The molecule has 7 heteroatoms. The summed E-state index contributed by atoms with van der Waals surface area (Å²) < 4.78 is 5.11. The van der Waals surface area contributed by atoms with Crippen LogP contribution in [0.3, 0.4) is 0 Å². The molecular formula is C131H107N7. The van der Waals surface area contributed by atoms with Crippen LogP contribution in [0, 0.1) is 0 Å². The Labute approximate surface area is 809 Å². The molecule has 0 fully saturated rings. The van der Waals surface area contributed by atoms with Crippen molar-refractivity contribution in [1.29, 1.82) is 0 Å². The summed E-state index contributed by atoms with van der Waals surface area (Å²) in [5.41, 5.74) is 36.1. The molecule has 138 heavy (non-hydrogen) atoms. The lowest BCUT2D eigenvalue weighted by Crippen LogP contribution is -2.24. The van der Waals surface area contributed by atoms with Gasteiger partial charge in [-0.2, -0.15) is 0 Å². The zero-order chi connectivity index (χ0) is 94.0. The molecule has 0 aliphatic heterocycles. The van der Waals surface area contributed by atoms with E-state index < -0.39 is 0 Å². The molecule has 22 rings (SSSR count). The van der Waals surface area contributed by atoms with Gasteiger partial charge in [-0.3, -0.25) is 0 Å². The number of benzene rings is 18. The Hall–Kier alpha value is -16.4. The molecule has 18 aromatic carbocycles. The van der Waals surface area contributed by atoms with Crippen molar-refractivity contribution in [1.82, 2.24) is 34.1 Å². The summed E-state index contributed by atoms with van der Waals surface area (Å²) in [6.07, 6.45) is 1.82. The van der Waals surface area contributed by atoms with Crippen molar-refractivity contribution in [2.24, 2.45) is 0 Å². The standard InChI is InChI=1S/C131H107N7/c1-128(2,3)104-63-51-90(52-64-104)108-81-102(117-85-116(94-43-27-15-28-44-94)132-124(133-117)95-45-29-16-30-46-95)82-109(122(108)137-118-71-59-98(86-35-19-11-20-36-86)77-112(118)113-78-99(60-72-119(113)137)87-37-21-12-22-38-87)92-55-67-106(68-56-92)130(7,8)75-76-131(9,10)107-69-57-93(58-70-107)111-84-103(127-135-125(96-47-31-17-32-48-96)134-126(136-127)97-49-33-18-34-50-97)83-110(91-53-65-105(66-54-91)129(4,5)6)123(111)138-120-73-61-100(88-39-23-13-24-40-88)79-114(120)115-80-101(62-74-121(115)138)89-41-25-14-26-42-89/h11-74,77-85H,75-76H2,1-10H3. The third kappa shape index (κ3) is 17.0. The molecule has 22 aromatic rings. The van der Waals surface area contributed by atoms with Crippen LogP contribution >= 0.6 is 0 Å². The fourth-order valence-corrected chi connectivity index (χ4v) is 20.1. The van der Waals surface area contributed by atoms with Gasteiger partial charge in [-0.15, -0.1) is 0 Å². The van der Waals surface area contributed by atoms with Gasteiger partial charge in [-0.25, -0.2) is 24.9 Å². The number of fused-ring (bicyclic) bond motifs is 6. The van der Waals surface area contributed by atoms with Crippen LogP contribution in [-0.2, 0) is 21.7 Å². The Kier molecular flexibility index (Phi) is 22.6. The first-order valence-electron chi connectivity index (χ1n) is 48.2. The van der Waals surface area contributed by atoms with E-state index in [4.69, 9.17) is 24.9 Å². The minimum absolute atomic E-state index is 0.0801. The van der Waals surface area contributed by atoms with E-state index in [2.05, 4.69) is 485 Å². The summed E-state index contributed by atoms with van der Waals surface area (Å²) in [6, 6.07) is 162. The average molecular weight is 1780 g/mol. The average Bonchev–Trinajstić information content (AvgIpc) is 1.55. The summed E-state index contributed by atoms with van der Waals surface area (Å²) in [5.74, 6) is 2.45. The van der Waals surface area contributed by atoms with E-state index in [1.54, 1.807) is 0 Å². The van der Waals surface area contributed by atoms with Crippen molar-refractivity contribution in [2.45, 2.75) is 104 Å². The second-order valence-electron chi connectivity index (χ2n) is 40.2. The Balaban J connectivity index is 0.688. The lowest BCUT2D eigenvalue weighted by Gasteiger charge is -2.32. The number of hydrogen-bond donors (Lipinski definition) is 0. The van der Waals surface area contributed by atoms with Crippen LogP contribution in [-0.4, -0.2) is 34.1 Å². The highest BCUT2D eigenvalue weighted by Crippen LogP contribution is 2.51. The Morgan fingerprint density at radius 1 is 0.174 bits per heavy atom. The van der Waals surface area contributed by atoms with Crippen molar-refractivity contribution in [2.75, 3.05) is 0 Å². The van der Waals surface area contributed by atoms with Crippen molar-refractivity contribution >= 4 is 43.6 Å². The fraction of sp³-hybridized carbons (Fsp3) is 0.122. The third-order valence-electron chi connectivity index (χ3n) is 28.2. The van der Waals surface area contributed by atoms with E-state index in [9.17, 15) is 0 Å². The summed E-state index contributed by atoms with van der Waals surface area (Å²) >= 11 is 0. The molecule has 666 valence electrons. The highest BCUT2D eigenvalue weighted by atomic mass is 15.0. The molecule has 0 aliphatic carbocycles. The van der Waals surface area contributed by atoms with E-state index >= 15 is 0 Å². The summed E-state index contributed by atoms with van der Waals surface area (Å²) in [7, 11) is 0. The van der Waals surface area contributed by atoms with Gasteiger partial charge in [-0.1, -0.05) is 433 Å². The zero-order valence-corrected chi connectivity index (χ0v) is 79.7. The molecule has 0 saturated carbocycles. The quantitative estimate of drug-likeness (QED) is 0.0717. The SMILES string of the molecule is CC(C)(C)c1ccc(-c2cc(-c3cc(-c4ccccc4)nc(-c4ccccc4)n3)cc(-c3ccc(C(C)(C)CCC(C)(C)c4ccc(-c5cc(-c6nc(-c7ccccc7)nc(-c7ccccc7)n6)cc(-c6ccc(C(C)(C)C)cc6)c5-n5c6ccc(-c7ccccc7)cc6c6cc(-c7ccccc7)ccc65)cc4)cc3)c2-n2c3ccc(-c4ccccc4)cc3c3cc(-c4ccccc4)ccc32)cc1. The molecule has 4 aromatic heterocycles. The molecule has 0 atom stereocenters. The predicted molar refractivity (Wildman–Crippen MR) is 579 cm³/mol. The van der Waals surface area contributed by atoms with E-state index in [0.717, 1.165) is 180 Å². The third-order valence-corrected chi connectivity index (χ3v) is 28.2. The van der Waals surface area contributed by atoms with Gasteiger partial charge in [-0.05, 0) is 202 Å². The van der Waals surface area contributed by atoms with Gasteiger partial charge in [0.05, 0.1) is 44.8 Å². The zero-order valence-electron chi connectivity index (χ0n) is 79.7. The molecule has 0 bridgehead atoms. The predicted octanol–water partition coefficient (Wildman–Crippen LogP) is 34.8. The second-order valence-corrected chi connectivity index (χ2v) is 40.2. The topological polar surface area (TPSA) is 74.3 Å². The highest BCUT2D eigenvalue weighted by molar-refractivity contribution is 6.15. The second kappa shape index (κ2) is 35.8. The first kappa shape index (κ1) is 87.0. The van der Waals surface area contributed by atoms with E-state index in [0.29, 0.717) is 23.3 Å². The van der Waals surface area contributed by atoms with Gasteiger partial charge in [0.2, 0.25) is 0 Å². The maximum absolute atomic E-state index is 5.59. The molecule has 0 spiro atoms. The molecule has 7 nitrogen and oxygen atoms in total. The number of hydrogen-bond acceptors (Lipinski definition) is 5. The number of aromatic nitrogens is 7. The van der Waals surface area contributed by atoms with Crippen LogP contribution in [0.4, 0.5) is 0 Å². The van der Waals surface area contributed by atoms with Crippen molar-refractivity contribution in [3.63, 3.8) is 0 Å². The van der Waals surface area contributed by atoms with Crippen molar-refractivity contribution < 1.29 is 0 Å². The minimum Gasteiger partial charge on any atom is -0.308 e. The molecule has 0 N–H and O–H groups in total. The van der Waals surface area contributed by atoms with Gasteiger partial charge >= 0.3 is 0 Å². The lowest BCUT2D eigenvalue weighted by molar-refractivity contribution is 0.375. The number of rotatable bonds is 21. The van der Waals surface area contributed by atoms with Crippen LogP contribution < -0.4 is 0 Å². The maximum Gasteiger partial charge on any atom is 0.164 e. The number of nitrogens with zero attached hydrogens (tertiary/aromatic N) is 7. The summed E-state index contributed by atoms with van der Waals surface area (Å²) in [4.78, 5) is 27.1. The van der Waals surface area contributed by atoms with Crippen LogP contribution in [0.15, 0.2) is 443 Å². The molecule has 0 aliphatic rings. The molecule has 0 saturated heterocycles. The van der Waals surface area contributed by atoms with Gasteiger partial charge < -0.3 is 9.13 Å². The Morgan fingerprint density at radius 3 is 0.659 bits per heavy atom. The van der Waals surface area contributed by atoms with E-state index in [1.807, 2.05) is 36.4 Å². The monoisotopic (exact) mass is 1780 g/mol. The molecular weight excluding hydrogens is 1670 g/mol. The molecule has 4 heterocycles. The molecule has 0 unspecified atom stereocenters. The first-order chi connectivity index (χ1) is 67.1. The molecule has 0 amide bonds. The largest absolute Gasteiger partial charge is 0.308 e. The van der Waals surface area contributed by atoms with Crippen LogP contribution in [0.5, 0.6) is 0 Å². The Morgan fingerprint density at radius 2 is 0.391 bits per heavy atom. The maximum atomic E-state index is 5.59. The van der Waals surface area contributed by atoms with Crippen molar-refractivity contribution in [3.8, 4) is 168 Å². The van der Waals surface area contributed by atoms with Crippen LogP contribution in [0.2, 0.25) is 0 Å². The fourth-order valence-electron chi connectivity index (χ4n) is 20.1. The van der Waals surface area contributed by atoms with Gasteiger partial charge in [0, 0.05) is 77.2 Å². The van der Waals surface area contributed by atoms with Gasteiger partial charge in [0.1, 0.15) is 0 Å². The normalized spacial score (nSPS) is 12.0. The molecule has 0 radical (unpaired) electrons. The van der Waals surface area contributed by atoms with Crippen molar-refractivity contribution in [3.05, 3.63) is 465 Å².